The summed E-state index contributed by atoms with van der Waals surface area (Å²) in [7, 11) is 1.58. The van der Waals surface area contributed by atoms with Crippen molar-refractivity contribution in [1.82, 2.24) is 9.88 Å². The fourth-order valence-electron chi connectivity index (χ4n) is 3.69. The van der Waals surface area contributed by atoms with Gasteiger partial charge < -0.3 is 15.0 Å². The van der Waals surface area contributed by atoms with E-state index in [4.69, 9.17) is 4.74 Å². The van der Waals surface area contributed by atoms with Crippen LogP contribution >= 0.6 is 0 Å². The molecule has 178 valence electrons. The number of pyridine rings is 1. The molecule has 1 amide bonds. The summed E-state index contributed by atoms with van der Waals surface area (Å²) in [4.78, 5) is 30.5. The van der Waals surface area contributed by atoms with Crippen molar-refractivity contribution in [3.63, 3.8) is 0 Å². The predicted octanol–water partition coefficient (Wildman–Crippen LogP) is 4.88. The van der Waals surface area contributed by atoms with Gasteiger partial charge in [0.2, 0.25) is 0 Å². The second kappa shape index (κ2) is 12.5. The number of amides is 1. The SMILES string of the molecule is COCCN(CCCc1ccccc1)C(=O)c1ccc(NC(C)c2ccccn2)c([N+](=O)[O-])c1. The molecule has 0 spiro atoms. The average Bonchev–Trinajstić information content (AvgIpc) is 2.87. The van der Waals surface area contributed by atoms with Crippen molar-refractivity contribution in [2.45, 2.75) is 25.8 Å². The van der Waals surface area contributed by atoms with E-state index in [1.807, 2.05) is 43.3 Å². The number of ether oxygens (including phenoxy) is 1. The number of benzene rings is 2. The number of anilines is 1. The number of nitro benzene ring substituents is 1. The highest BCUT2D eigenvalue weighted by Crippen LogP contribution is 2.29. The number of carbonyl (C=O) groups excluding carboxylic acids is 1. The van der Waals surface area contributed by atoms with E-state index in [9.17, 15) is 14.9 Å². The van der Waals surface area contributed by atoms with E-state index in [1.54, 1.807) is 30.3 Å². The van der Waals surface area contributed by atoms with Gasteiger partial charge in [-0.3, -0.25) is 19.9 Å². The Kier molecular flexibility index (Phi) is 9.11. The van der Waals surface area contributed by atoms with E-state index in [2.05, 4.69) is 22.4 Å². The molecular formula is C26H30N4O4. The van der Waals surface area contributed by atoms with E-state index in [0.717, 1.165) is 18.5 Å². The Morgan fingerprint density at radius 2 is 1.88 bits per heavy atom. The minimum atomic E-state index is -0.473. The molecule has 0 bridgehead atoms. The molecule has 1 N–H and O–H groups in total. The molecule has 2 aromatic carbocycles. The number of carbonyl (C=O) groups is 1. The molecule has 1 aromatic heterocycles. The summed E-state index contributed by atoms with van der Waals surface area (Å²) in [6.45, 7) is 3.21. The molecule has 8 heteroatoms. The normalized spacial score (nSPS) is 11.6. The Morgan fingerprint density at radius 1 is 1.12 bits per heavy atom. The molecule has 0 aliphatic carbocycles. The Bertz CT molecular complexity index is 1080. The fraction of sp³-hybridized carbons (Fsp3) is 0.308. The minimum Gasteiger partial charge on any atom is -0.383 e. The lowest BCUT2D eigenvalue weighted by molar-refractivity contribution is -0.384. The maximum absolute atomic E-state index is 13.2. The lowest BCUT2D eigenvalue weighted by Gasteiger charge is -2.23. The van der Waals surface area contributed by atoms with Gasteiger partial charge in [-0.1, -0.05) is 36.4 Å². The first-order valence-corrected chi connectivity index (χ1v) is 11.3. The summed E-state index contributed by atoms with van der Waals surface area (Å²) < 4.78 is 5.17. The monoisotopic (exact) mass is 462 g/mol. The number of hydrogen-bond acceptors (Lipinski definition) is 6. The second-order valence-corrected chi connectivity index (χ2v) is 7.98. The van der Waals surface area contributed by atoms with Crippen molar-refractivity contribution in [2.75, 3.05) is 32.1 Å². The second-order valence-electron chi connectivity index (χ2n) is 7.98. The molecule has 8 nitrogen and oxygen atoms in total. The first kappa shape index (κ1) is 24.9. The zero-order valence-electron chi connectivity index (χ0n) is 19.5. The molecule has 3 aromatic rings. The van der Waals surface area contributed by atoms with Gasteiger partial charge in [-0.25, -0.2) is 0 Å². The lowest BCUT2D eigenvalue weighted by Crippen LogP contribution is -2.35. The largest absolute Gasteiger partial charge is 0.383 e. The van der Waals surface area contributed by atoms with Crippen LogP contribution < -0.4 is 5.32 Å². The van der Waals surface area contributed by atoms with Crippen LogP contribution in [0.15, 0.2) is 72.9 Å². The molecule has 0 fully saturated rings. The number of rotatable bonds is 12. The summed E-state index contributed by atoms with van der Waals surface area (Å²) in [6, 6.07) is 19.9. The number of nitrogens with one attached hydrogen (secondary N) is 1. The van der Waals surface area contributed by atoms with Crippen LogP contribution in [0.1, 0.15) is 41.0 Å². The van der Waals surface area contributed by atoms with Crippen LogP contribution in [0, 0.1) is 10.1 Å². The predicted molar refractivity (Wildman–Crippen MR) is 132 cm³/mol. The zero-order chi connectivity index (χ0) is 24.3. The molecule has 1 heterocycles. The number of nitro groups is 1. The Morgan fingerprint density at radius 3 is 2.56 bits per heavy atom. The van der Waals surface area contributed by atoms with Gasteiger partial charge in [0.25, 0.3) is 11.6 Å². The highest BCUT2D eigenvalue weighted by molar-refractivity contribution is 5.95. The molecule has 1 atom stereocenters. The van der Waals surface area contributed by atoms with Crippen LogP contribution in [-0.4, -0.2) is 47.5 Å². The van der Waals surface area contributed by atoms with Gasteiger partial charge in [-0.15, -0.1) is 0 Å². The van der Waals surface area contributed by atoms with Crippen molar-refractivity contribution in [1.29, 1.82) is 0 Å². The quantitative estimate of drug-likeness (QED) is 0.304. The molecule has 0 aliphatic rings. The molecule has 34 heavy (non-hydrogen) atoms. The molecule has 0 aliphatic heterocycles. The van der Waals surface area contributed by atoms with E-state index >= 15 is 0 Å². The third-order valence-corrected chi connectivity index (χ3v) is 5.53. The number of aryl methyl sites for hydroxylation is 1. The standard InChI is InChI=1S/C26H30N4O4/c1-20(23-12-6-7-15-27-23)28-24-14-13-22(19-25(24)30(32)33)26(31)29(17-18-34-2)16-8-11-21-9-4-3-5-10-21/h3-7,9-10,12-15,19-20,28H,8,11,16-18H2,1-2H3. The van der Waals surface area contributed by atoms with Crippen LogP contribution in [0.5, 0.6) is 0 Å². The molecule has 1 unspecified atom stereocenters. The zero-order valence-corrected chi connectivity index (χ0v) is 19.5. The summed E-state index contributed by atoms with van der Waals surface area (Å²) in [6.07, 6.45) is 3.30. The lowest BCUT2D eigenvalue weighted by atomic mass is 10.1. The van der Waals surface area contributed by atoms with Gasteiger partial charge in [0.15, 0.2) is 0 Å². The Balaban J connectivity index is 1.74. The molecule has 3 rings (SSSR count). The van der Waals surface area contributed by atoms with E-state index in [-0.39, 0.29) is 23.2 Å². The maximum atomic E-state index is 13.2. The van der Waals surface area contributed by atoms with Gasteiger partial charge in [0.05, 0.1) is 23.3 Å². The van der Waals surface area contributed by atoms with Gasteiger partial charge in [-0.05, 0) is 49.6 Å². The van der Waals surface area contributed by atoms with Crippen molar-refractivity contribution in [3.8, 4) is 0 Å². The fourth-order valence-corrected chi connectivity index (χ4v) is 3.69. The van der Waals surface area contributed by atoms with Gasteiger partial charge >= 0.3 is 0 Å². The summed E-state index contributed by atoms with van der Waals surface area (Å²) in [5, 5.41) is 14.9. The Labute approximate surface area is 199 Å². The van der Waals surface area contributed by atoms with Crippen molar-refractivity contribution < 1.29 is 14.5 Å². The third-order valence-electron chi connectivity index (χ3n) is 5.53. The minimum absolute atomic E-state index is 0.149. The average molecular weight is 463 g/mol. The van der Waals surface area contributed by atoms with E-state index in [1.165, 1.54) is 11.6 Å². The topological polar surface area (TPSA) is 97.6 Å². The van der Waals surface area contributed by atoms with Crippen LogP contribution in [0.4, 0.5) is 11.4 Å². The van der Waals surface area contributed by atoms with Crippen molar-refractivity contribution in [3.05, 3.63) is 99.9 Å². The maximum Gasteiger partial charge on any atom is 0.293 e. The van der Waals surface area contributed by atoms with Gasteiger partial charge in [0, 0.05) is 38.0 Å². The molecule has 0 radical (unpaired) electrons. The number of methoxy groups -OCH3 is 1. The molecule has 0 saturated heterocycles. The Hall–Kier alpha value is -3.78. The first-order chi connectivity index (χ1) is 16.5. The molecular weight excluding hydrogens is 432 g/mol. The first-order valence-electron chi connectivity index (χ1n) is 11.3. The smallest absolute Gasteiger partial charge is 0.293 e. The van der Waals surface area contributed by atoms with Crippen molar-refractivity contribution >= 4 is 17.3 Å². The summed E-state index contributed by atoms with van der Waals surface area (Å²) in [5.74, 6) is -0.252. The van der Waals surface area contributed by atoms with Gasteiger partial charge in [0.1, 0.15) is 5.69 Å². The van der Waals surface area contributed by atoms with Crippen LogP contribution in [0.2, 0.25) is 0 Å². The number of aromatic nitrogens is 1. The molecule has 0 saturated carbocycles. The highest BCUT2D eigenvalue weighted by atomic mass is 16.6. The van der Waals surface area contributed by atoms with E-state index < -0.39 is 4.92 Å². The van der Waals surface area contributed by atoms with Crippen molar-refractivity contribution in [2.24, 2.45) is 0 Å². The summed E-state index contributed by atoms with van der Waals surface area (Å²) in [5.41, 5.74) is 2.44. The van der Waals surface area contributed by atoms with Crippen LogP contribution in [0.3, 0.4) is 0 Å². The summed E-state index contributed by atoms with van der Waals surface area (Å²) >= 11 is 0. The van der Waals surface area contributed by atoms with Gasteiger partial charge in [-0.2, -0.15) is 0 Å². The third kappa shape index (κ3) is 6.86. The van der Waals surface area contributed by atoms with Crippen LogP contribution in [0.25, 0.3) is 0 Å². The van der Waals surface area contributed by atoms with Crippen LogP contribution in [-0.2, 0) is 11.2 Å². The van der Waals surface area contributed by atoms with E-state index in [0.29, 0.717) is 25.4 Å². The number of nitrogens with zero attached hydrogens (tertiary/aromatic N) is 3. The number of hydrogen-bond donors (Lipinski definition) is 1. The highest BCUT2D eigenvalue weighted by Gasteiger charge is 2.22.